The van der Waals surface area contributed by atoms with Crippen molar-refractivity contribution in [2.75, 3.05) is 6.61 Å². The molecule has 0 saturated carbocycles. The van der Waals surface area contributed by atoms with E-state index in [9.17, 15) is 14.4 Å². The van der Waals surface area contributed by atoms with E-state index in [-0.39, 0.29) is 29.2 Å². The van der Waals surface area contributed by atoms with Crippen molar-refractivity contribution in [1.82, 2.24) is 4.57 Å². The minimum atomic E-state index is -0.799. The van der Waals surface area contributed by atoms with Crippen LogP contribution in [-0.4, -0.2) is 23.1 Å². The first-order valence-electron chi connectivity index (χ1n) is 11.8. The molecule has 0 bridgehead atoms. The van der Waals surface area contributed by atoms with Crippen LogP contribution in [0.1, 0.15) is 34.6 Å². The lowest BCUT2D eigenvalue weighted by atomic mass is 9.96. The number of carbonyl (C=O) groups is 2. The molecule has 0 saturated heterocycles. The lowest BCUT2D eigenvalue weighted by molar-refractivity contribution is -0.138. The zero-order valence-electron chi connectivity index (χ0n) is 20.6. The molecule has 39 heavy (non-hydrogen) atoms. The molecule has 5 rings (SSSR count). The summed E-state index contributed by atoms with van der Waals surface area (Å²) >= 11 is 3.47. The summed E-state index contributed by atoms with van der Waals surface area (Å²) in [7, 11) is 0. The number of nitrogens with zero attached hydrogens (tertiary/aromatic N) is 2. The van der Waals surface area contributed by atoms with E-state index in [0.717, 1.165) is 9.13 Å². The fourth-order valence-electron chi connectivity index (χ4n) is 4.09. The maximum Gasteiger partial charge on any atom is 0.379 e. The van der Waals surface area contributed by atoms with Gasteiger partial charge >= 0.3 is 11.9 Å². The van der Waals surface area contributed by atoms with Gasteiger partial charge in [0.15, 0.2) is 4.80 Å². The normalized spacial score (nSPS) is 14.9. The minimum Gasteiger partial charge on any atom is -0.458 e. The van der Waals surface area contributed by atoms with Crippen LogP contribution in [0.3, 0.4) is 0 Å². The molecule has 2 aromatic heterocycles. The Hall–Kier alpha value is -4.03. The molecule has 0 radical (unpaired) electrons. The molecule has 0 fully saturated rings. The quantitative estimate of drug-likeness (QED) is 0.127. The van der Waals surface area contributed by atoms with Crippen LogP contribution in [0.4, 0.5) is 0 Å². The number of furan rings is 1. The molecule has 0 N–H and O–H groups in total. The lowest BCUT2D eigenvalue weighted by Gasteiger charge is -2.24. The maximum absolute atomic E-state index is 13.7. The molecule has 1 aliphatic rings. The number of carbonyl (C=O) groups excluding carboxylic acids is 2. The number of benzene rings is 2. The van der Waals surface area contributed by atoms with E-state index in [0.29, 0.717) is 20.6 Å². The monoisotopic (exact) mass is 652 g/mol. The van der Waals surface area contributed by atoms with Gasteiger partial charge in [0, 0.05) is 3.57 Å². The number of allylic oxidation sites excluding steroid dienone is 1. The first-order valence-corrected chi connectivity index (χ1v) is 13.7. The van der Waals surface area contributed by atoms with Crippen molar-refractivity contribution in [3.05, 3.63) is 131 Å². The standard InChI is InChI=1S/C29H21IN2O6S/c1-3-14-37-28(35)24-17(2)31-29-32(26(33)23(39-29)16-18-6-10-20(30)11-7-18)25(24)19-8-12-21(13-9-19)38-27(34)22-5-4-15-36-22/h3-13,15-16,25H,1,14H2,2H3/b23-16-. The molecule has 8 nitrogen and oxygen atoms in total. The van der Waals surface area contributed by atoms with Crippen LogP contribution >= 0.6 is 33.9 Å². The molecule has 0 aliphatic carbocycles. The van der Waals surface area contributed by atoms with E-state index in [4.69, 9.17) is 13.9 Å². The Morgan fingerprint density at radius 1 is 1.13 bits per heavy atom. The number of ether oxygens (including phenoxy) is 2. The molecular weight excluding hydrogens is 631 g/mol. The number of hydrogen-bond acceptors (Lipinski definition) is 8. The van der Waals surface area contributed by atoms with Crippen molar-refractivity contribution >= 4 is 51.9 Å². The summed E-state index contributed by atoms with van der Waals surface area (Å²) in [5.41, 5.74) is 1.91. The summed E-state index contributed by atoms with van der Waals surface area (Å²) in [5, 5.41) is 0. The van der Waals surface area contributed by atoms with Crippen molar-refractivity contribution in [3.8, 4) is 5.75 Å². The third-order valence-corrected chi connectivity index (χ3v) is 7.57. The summed E-state index contributed by atoms with van der Waals surface area (Å²) < 4.78 is 18.9. The van der Waals surface area contributed by atoms with Gasteiger partial charge in [-0.05, 0) is 83.1 Å². The van der Waals surface area contributed by atoms with Gasteiger partial charge in [0.1, 0.15) is 12.4 Å². The Balaban J connectivity index is 1.58. The smallest absolute Gasteiger partial charge is 0.379 e. The van der Waals surface area contributed by atoms with Crippen LogP contribution in [0.5, 0.6) is 5.75 Å². The third kappa shape index (κ3) is 5.57. The van der Waals surface area contributed by atoms with E-state index >= 15 is 0 Å². The van der Waals surface area contributed by atoms with Gasteiger partial charge in [-0.2, -0.15) is 0 Å². The second-order valence-corrected chi connectivity index (χ2v) is 10.7. The average molecular weight is 652 g/mol. The molecule has 1 aliphatic heterocycles. The van der Waals surface area contributed by atoms with Gasteiger partial charge in [-0.15, -0.1) is 0 Å². The van der Waals surface area contributed by atoms with Crippen molar-refractivity contribution < 1.29 is 23.5 Å². The molecule has 1 unspecified atom stereocenters. The van der Waals surface area contributed by atoms with Gasteiger partial charge in [-0.25, -0.2) is 14.6 Å². The predicted molar refractivity (Wildman–Crippen MR) is 154 cm³/mol. The second-order valence-electron chi connectivity index (χ2n) is 8.46. The number of fused-ring (bicyclic) bond motifs is 1. The molecule has 3 heterocycles. The summed E-state index contributed by atoms with van der Waals surface area (Å²) in [6.45, 7) is 5.33. The highest BCUT2D eigenvalue weighted by Crippen LogP contribution is 2.31. The summed E-state index contributed by atoms with van der Waals surface area (Å²) in [6, 6.07) is 16.7. The number of halogens is 1. The topological polar surface area (TPSA) is 100 Å². The minimum absolute atomic E-state index is 0.0151. The third-order valence-electron chi connectivity index (χ3n) is 5.87. The molecule has 10 heteroatoms. The molecule has 1 atom stereocenters. The van der Waals surface area contributed by atoms with Gasteiger partial charge in [-0.1, -0.05) is 48.3 Å². The largest absolute Gasteiger partial charge is 0.458 e. The van der Waals surface area contributed by atoms with Gasteiger partial charge in [0.2, 0.25) is 5.76 Å². The van der Waals surface area contributed by atoms with Gasteiger partial charge in [-0.3, -0.25) is 9.36 Å². The number of aromatic nitrogens is 1. The van der Waals surface area contributed by atoms with Crippen molar-refractivity contribution in [1.29, 1.82) is 0 Å². The van der Waals surface area contributed by atoms with E-state index < -0.39 is 18.0 Å². The number of thiazole rings is 1. The summed E-state index contributed by atoms with van der Waals surface area (Å²) in [4.78, 5) is 44.2. The molecule has 196 valence electrons. The van der Waals surface area contributed by atoms with Crippen LogP contribution in [-0.2, 0) is 9.53 Å². The van der Waals surface area contributed by atoms with E-state index in [1.165, 1.54) is 34.3 Å². The highest BCUT2D eigenvalue weighted by Gasteiger charge is 2.33. The Bertz CT molecular complexity index is 1760. The fourth-order valence-corrected chi connectivity index (χ4v) is 5.50. The van der Waals surface area contributed by atoms with E-state index in [1.54, 1.807) is 37.3 Å². The summed E-state index contributed by atoms with van der Waals surface area (Å²) in [5.74, 6) is -0.880. The van der Waals surface area contributed by atoms with Gasteiger partial charge in [0.05, 0.1) is 28.1 Å². The Labute approximate surface area is 240 Å². The molecular formula is C29H21IN2O6S. The highest BCUT2D eigenvalue weighted by molar-refractivity contribution is 14.1. The van der Waals surface area contributed by atoms with Crippen LogP contribution in [0.15, 0.2) is 105 Å². The van der Waals surface area contributed by atoms with Crippen molar-refractivity contribution in [2.24, 2.45) is 4.99 Å². The molecule has 4 aromatic rings. The molecule has 0 amide bonds. The summed E-state index contributed by atoms with van der Waals surface area (Å²) in [6.07, 6.45) is 4.67. The fraction of sp³-hybridized carbons (Fsp3) is 0.103. The second kappa shape index (κ2) is 11.4. The zero-order valence-corrected chi connectivity index (χ0v) is 23.6. The van der Waals surface area contributed by atoms with E-state index in [1.807, 2.05) is 30.3 Å². The van der Waals surface area contributed by atoms with Crippen LogP contribution < -0.4 is 19.6 Å². The first-order chi connectivity index (χ1) is 18.9. The lowest BCUT2D eigenvalue weighted by Crippen LogP contribution is -2.39. The Kier molecular flexibility index (Phi) is 7.75. The number of esters is 2. The maximum atomic E-state index is 13.7. The van der Waals surface area contributed by atoms with E-state index in [2.05, 4.69) is 34.2 Å². The molecule has 2 aromatic carbocycles. The predicted octanol–water partition coefficient (Wildman–Crippen LogP) is 4.38. The Morgan fingerprint density at radius 3 is 2.54 bits per heavy atom. The average Bonchev–Trinajstić information content (AvgIpc) is 3.57. The van der Waals surface area contributed by atoms with Crippen molar-refractivity contribution in [2.45, 2.75) is 13.0 Å². The Morgan fingerprint density at radius 2 is 1.87 bits per heavy atom. The first kappa shape index (κ1) is 26.6. The van der Waals surface area contributed by atoms with Crippen LogP contribution in [0, 0.1) is 3.57 Å². The highest BCUT2D eigenvalue weighted by atomic mass is 127. The van der Waals surface area contributed by atoms with Gasteiger partial charge < -0.3 is 13.9 Å². The number of rotatable bonds is 7. The van der Waals surface area contributed by atoms with Gasteiger partial charge in [0.25, 0.3) is 5.56 Å². The number of hydrogen-bond donors (Lipinski definition) is 0. The van der Waals surface area contributed by atoms with Crippen LogP contribution in [0.2, 0.25) is 0 Å². The molecule has 0 spiro atoms. The zero-order chi connectivity index (χ0) is 27.5. The van der Waals surface area contributed by atoms with Crippen LogP contribution in [0.25, 0.3) is 6.08 Å². The SMILES string of the molecule is C=CCOC(=O)C1=C(C)N=c2s/c(=C\c3ccc(I)cc3)c(=O)n2C1c1ccc(OC(=O)c2ccco2)cc1. The van der Waals surface area contributed by atoms with Crippen molar-refractivity contribution in [3.63, 3.8) is 0 Å².